The molecule has 0 spiro atoms. The zero-order chi connectivity index (χ0) is 16.9. The van der Waals surface area contributed by atoms with Gasteiger partial charge in [-0.05, 0) is 42.7 Å². The van der Waals surface area contributed by atoms with Gasteiger partial charge in [0.15, 0.2) is 0 Å². The molecule has 0 saturated heterocycles. The standard InChI is InChI=1S/C18H17NO3S2/c1-23-15-7-3-2-5-12(15)18(21)19-11-13(20)16-8-9-17(24-16)14-6-4-10-22-14/h2-10,13,20H,11H2,1H3,(H,19,21). The van der Waals surface area contributed by atoms with E-state index in [0.717, 1.165) is 20.4 Å². The summed E-state index contributed by atoms with van der Waals surface area (Å²) in [5.41, 5.74) is 0.625. The van der Waals surface area contributed by atoms with Crippen molar-refractivity contribution < 1.29 is 14.3 Å². The van der Waals surface area contributed by atoms with Crippen molar-refractivity contribution in [2.24, 2.45) is 0 Å². The summed E-state index contributed by atoms with van der Waals surface area (Å²) < 4.78 is 5.35. The summed E-state index contributed by atoms with van der Waals surface area (Å²) in [5.74, 6) is 0.596. The van der Waals surface area contributed by atoms with Crippen LogP contribution in [-0.2, 0) is 0 Å². The van der Waals surface area contributed by atoms with Gasteiger partial charge in [-0.1, -0.05) is 12.1 Å². The van der Waals surface area contributed by atoms with Gasteiger partial charge in [0.05, 0.1) is 16.7 Å². The summed E-state index contributed by atoms with van der Waals surface area (Å²) >= 11 is 2.98. The van der Waals surface area contributed by atoms with Crippen molar-refractivity contribution >= 4 is 29.0 Å². The highest BCUT2D eigenvalue weighted by Crippen LogP contribution is 2.31. The van der Waals surface area contributed by atoms with Crippen LogP contribution in [0.2, 0.25) is 0 Å². The zero-order valence-corrected chi connectivity index (χ0v) is 14.7. The molecule has 2 heterocycles. The highest BCUT2D eigenvalue weighted by atomic mass is 32.2. The lowest BCUT2D eigenvalue weighted by atomic mass is 10.2. The van der Waals surface area contributed by atoms with Crippen LogP contribution in [0.15, 0.2) is 64.1 Å². The molecule has 2 N–H and O–H groups in total. The molecule has 6 heteroatoms. The Labute approximate surface area is 148 Å². The molecule has 0 aliphatic carbocycles. The Morgan fingerprint density at radius 2 is 2.08 bits per heavy atom. The third-order valence-corrected chi connectivity index (χ3v) is 5.52. The number of furan rings is 1. The molecule has 0 aliphatic rings. The third-order valence-electron chi connectivity index (χ3n) is 3.53. The highest BCUT2D eigenvalue weighted by Gasteiger charge is 2.15. The first-order valence-electron chi connectivity index (χ1n) is 7.42. The van der Waals surface area contributed by atoms with E-state index in [1.165, 1.54) is 23.1 Å². The third kappa shape index (κ3) is 3.72. The summed E-state index contributed by atoms with van der Waals surface area (Å²) in [5, 5.41) is 13.1. The van der Waals surface area contributed by atoms with Crippen LogP contribution in [0.3, 0.4) is 0 Å². The van der Waals surface area contributed by atoms with Crippen molar-refractivity contribution in [1.29, 1.82) is 0 Å². The summed E-state index contributed by atoms with van der Waals surface area (Å²) in [6.45, 7) is 0.166. The lowest BCUT2D eigenvalue weighted by molar-refractivity contribution is 0.0915. The Bertz CT molecular complexity index is 811. The number of rotatable bonds is 6. The molecule has 1 aromatic carbocycles. The Kier molecular flexibility index (Phi) is 5.40. The largest absolute Gasteiger partial charge is 0.464 e. The molecule has 0 saturated carbocycles. The number of carbonyl (C=O) groups excluding carboxylic acids is 1. The van der Waals surface area contributed by atoms with Crippen molar-refractivity contribution in [3.05, 3.63) is 65.2 Å². The minimum Gasteiger partial charge on any atom is -0.464 e. The molecule has 3 aromatic rings. The van der Waals surface area contributed by atoms with Crippen molar-refractivity contribution in [3.8, 4) is 10.6 Å². The van der Waals surface area contributed by atoms with Gasteiger partial charge in [-0.25, -0.2) is 0 Å². The Hall–Kier alpha value is -2.02. The molecular formula is C18H17NO3S2. The van der Waals surface area contributed by atoms with E-state index in [1.807, 2.05) is 48.7 Å². The second-order valence-electron chi connectivity index (χ2n) is 5.11. The maximum Gasteiger partial charge on any atom is 0.252 e. The number of amides is 1. The molecule has 1 unspecified atom stereocenters. The number of aliphatic hydroxyl groups excluding tert-OH is 1. The van der Waals surface area contributed by atoms with Crippen LogP contribution in [0.1, 0.15) is 21.3 Å². The Morgan fingerprint density at radius 3 is 2.83 bits per heavy atom. The van der Waals surface area contributed by atoms with Gasteiger partial charge in [0.25, 0.3) is 5.91 Å². The zero-order valence-electron chi connectivity index (χ0n) is 13.1. The van der Waals surface area contributed by atoms with Crippen molar-refractivity contribution in [2.75, 3.05) is 12.8 Å². The Balaban J connectivity index is 1.63. The monoisotopic (exact) mass is 359 g/mol. The molecule has 0 fully saturated rings. The van der Waals surface area contributed by atoms with Gasteiger partial charge in [0, 0.05) is 16.3 Å². The average molecular weight is 359 g/mol. The molecule has 124 valence electrons. The van der Waals surface area contributed by atoms with Gasteiger partial charge >= 0.3 is 0 Å². The van der Waals surface area contributed by atoms with Gasteiger partial charge in [0.2, 0.25) is 0 Å². The van der Waals surface area contributed by atoms with Crippen LogP contribution in [0.5, 0.6) is 0 Å². The van der Waals surface area contributed by atoms with Crippen LogP contribution in [0.25, 0.3) is 10.6 Å². The predicted molar refractivity (Wildman–Crippen MR) is 97.5 cm³/mol. The van der Waals surface area contributed by atoms with E-state index in [0.29, 0.717) is 5.56 Å². The minimum absolute atomic E-state index is 0.166. The first kappa shape index (κ1) is 16.8. The van der Waals surface area contributed by atoms with Gasteiger partial charge in [-0.3, -0.25) is 4.79 Å². The quantitative estimate of drug-likeness (QED) is 0.648. The fourth-order valence-corrected chi connectivity index (χ4v) is 3.86. The van der Waals surface area contributed by atoms with Gasteiger partial charge in [0.1, 0.15) is 11.9 Å². The topological polar surface area (TPSA) is 62.5 Å². The van der Waals surface area contributed by atoms with Crippen LogP contribution in [-0.4, -0.2) is 23.8 Å². The number of hydrogen-bond donors (Lipinski definition) is 2. The maximum atomic E-state index is 12.3. The lowest BCUT2D eigenvalue weighted by Crippen LogP contribution is -2.28. The van der Waals surface area contributed by atoms with E-state index in [9.17, 15) is 9.90 Å². The number of carbonyl (C=O) groups is 1. The minimum atomic E-state index is -0.746. The molecule has 1 amide bonds. The number of thioether (sulfide) groups is 1. The van der Waals surface area contributed by atoms with Crippen LogP contribution < -0.4 is 5.32 Å². The summed E-state index contributed by atoms with van der Waals surface area (Å²) in [7, 11) is 0. The fraction of sp³-hybridized carbons (Fsp3) is 0.167. The smallest absolute Gasteiger partial charge is 0.252 e. The first-order chi connectivity index (χ1) is 11.7. The van der Waals surface area contributed by atoms with Gasteiger partial charge < -0.3 is 14.8 Å². The Morgan fingerprint density at radius 1 is 1.25 bits per heavy atom. The lowest BCUT2D eigenvalue weighted by Gasteiger charge is -2.12. The van der Waals surface area contributed by atoms with Crippen LogP contribution in [0.4, 0.5) is 0 Å². The van der Waals surface area contributed by atoms with E-state index < -0.39 is 6.10 Å². The van der Waals surface area contributed by atoms with Gasteiger partial charge in [-0.2, -0.15) is 0 Å². The molecular weight excluding hydrogens is 342 g/mol. The number of hydrogen-bond acceptors (Lipinski definition) is 5. The van der Waals surface area contributed by atoms with Crippen molar-refractivity contribution in [3.63, 3.8) is 0 Å². The molecule has 1 atom stereocenters. The molecule has 3 rings (SSSR count). The molecule has 0 radical (unpaired) electrons. The van der Waals surface area contributed by atoms with E-state index in [4.69, 9.17) is 4.42 Å². The van der Waals surface area contributed by atoms with E-state index in [-0.39, 0.29) is 12.5 Å². The molecule has 24 heavy (non-hydrogen) atoms. The predicted octanol–water partition coefficient (Wildman–Crippen LogP) is 4.19. The second-order valence-corrected chi connectivity index (χ2v) is 7.07. The second kappa shape index (κ2) is 7.70. The van der Waals surface area contributed by atoms with Gasteiger partial charge in [-0.15, -0.1) is 23.1 Å². The molecule has 2 aromatic heterocycles. The van der Waals surface area contributed by atoms with E-state index >= 15 is 0 Å². The van der Waals surface area contributed by atoms with Crippen LogP contribution in [0, 0.1) is 0 Å². The van der Waals surface area contributed by atoms with Crippen LogP contribution >= 0.6 is 23.1 Å². The number of benzene rings is 1. The summed E-state index contributed by atoms with van der Waals surface area (Å²) in [4.78, 5) is 15.0. The maximum absolute atomic E-state index is 12.3. The van der Waals surface area contributed by atoms with Crippen molar-refractivity contribution in [1.82, 2.24) is 5.32 Å². The summed E-state index contributed by atoms with van der Waals surface area (Å²) in [6.07, 6.45) is 2.81. The number of nitrogens with one attached hydrogen (secondary N) is 1. The molecule has 0 bridgehead atoms. The summed E-state index contributed by atoms with van der Waals surface area (Å²) in [6, 6.07) is 14.9. The first-order valence-corrected chi connectivity index (χ1v) is 9.46. The number of thiophene rings is 1. The molecule has 4 nitrogen and oxygen atoms in total. The molecule has 0 aliphatic heterocycles. The van der Waals surface area contributed by atoms with E-state index in [2.05, 4.69) is 5.32 Å². The average Bonchev–Trinajstić information content (AvgIpc) is 3.30. The fourth-order valence-electron chi connectivity index (χ4n) is 2.30. The highest BCUT2D eigenvalue weighted by molar-refractivity contribution is 7.98. The number of aliphatic hydroxyl groups is 1. The normalized spacial score (nSPS) is 12.1. The SMILES string of the molecule is CSc1ccccc1C(=O)NCC(O)c1ccc(-c2ccco2)s1. The van der Waals surface area contributed by atoms with E-state index in [1.54, 1.807) is 12.3 Å². The van der Waals surface area contributed by atoms with Crippen molar-refractivity contribution in [2.45, 2.75) is 11.0 Å².